The third-order valence-electron chi connectivity index (χ3n) is 3.61. The van der Waals surface area contributed by atoms with Crippen molar-refractivity contribution in [2.75, 3.05) is 0 Å². The van der Waals surface area contributed by atoms with Crippen molar-refractivity contribution in [3.8, 4) is 11.6 Å². The fourth-order valence-corrected chi connectivity index (χ4v) is 2.27. The van der Waals surface area contributed by atoms with Gasteiger partial charge in [0, 0.05) is 5.39 Å². The maximum absolute atomic E-state index is 9.35. The lowest BCUT2D eigenvalue weighted by atomic mass is 10.1. The van der Waals surface area contributed by atoms with Gasteiger partial charge < -0.3 is 9.84 Å². The molecule has 0 bridgehead atoms. The van der Waals surface area contributed by atoms with E-state index in [-0.39, 0.29) is 6.61 Å². The summed E-state index contributed by atoms with van der Waals surface area (Å²) in [6, 6.07) is 15.7. The number of aliphatic hydroxyl groups is 1. The zero-order chi connectivity index (χ0) is 14.8. The number of aromatic nitrogens is 1. The van der Waals surface area contributed by atoms with Gasteiger partial charge in [-0.15, -0.1) is 0 Å². The molecule has 0 saturated carbocycles. The smallest absolute Gasteiger partial charge is 0.227 e. The second-order valence-corrected chi connectivity index (χ2v) is 5.15. The first-order chi connectivity index (χ1) is 10.2. The van der Waals surface area contributed by atoms with Gasteiger partial charge in [0.05, 0.1) is 12.3 Å². The molecule has 1 aromatic heterocycles. The molecule has 21 heavy (non-hydrogen) atoms. The molecule has 3 nitrogen and oxygen atoms in total. The Bertz CT molecular complexity index is 796. The van der Waals surface area contributed by atoms with E-state index in [1.165, 1.54) is 11.1 Å². The maximum atomic E-state index is 9.35. The summed E-state index contributed by atoms with van der Waals surface area (Å²) in [5.41, 5.74) is 3.01. The van der Waals surface area contributed by atoms with Gasteiger partial charge in [0.25, 0.3) is 0 Å². The summed E-state index contributed by atoms with van der Waals surface area (Å²) in [6.45, 7) is 4.02. The fraction of sp³-hybridized carbons (Fsp3) is 0.167. The first-order valence-corrected chi connectivity index (χ1v) is 6.92. The van der Waals surface area contributed by atoms with E-state index in [0.717, 1.165) is 16.5 Å². The summed E-state index contributed by atoms with van der Waals surface area (Å²) < 4.78 is 5.95. The molecule has 1 heterocycles. The molecule has 0 aliphatic carbocycles. The van der Waals surface area contributed by atoms with E-state index in [1.54, 1.807) is 0 Å². The molecule has 3 heteroatoms. The summed E-state index contributed by atoms with van der Waals surface area (Å²) >= 11 is 0. The van der Waals surface area contributed by atoms with Crippen LogP contribution in [0.25, 0.3) is 10.8 Å². The zero-order valence-electron chi connectivity index (χ0n) is 12.1. The normalized spacial score (nSPS) is 10.8. The van der Waals surface area contributed by atoms with Crippen LogP contribution in [0.15, 0.2) is 48.5 Å². The Hall–Kier alpha value is -2.39. The largest absolute Gasteiger partial charge is 0.438 e. The van der Waals surface area contributed by atoms with Crippen molar-refractivity contribution in [2.45, 2.75) is 20.5 Å². The fourth-order valence-electron chi connectivity index (χ4n) is 2.27. The minimum Gasteiger partial charge on any atom is -0.438 e. The highest BCUT2D eigenvalue weighted by atomic mass is 16.5. The molecule has 0 unspecified atom stereocenters. The van der Waals surface area contributed by atoms with Gasteiger partial charge in [0.2, 0.25) is 5.88 Å². The van der Waals surface area contributed by atoms with Crippen molar-refractivity contribution in [3.05, 3.63) is 65.4 Å². The summed E-state index contributed by atoms with van der Waals surface area (Å²) in [7, 11) is 0. The molecule has 0 radical (unpaired) electrons. The van der Waals surface area contributed by atoms with Gasteiger partial charge in [-0.1, -0.05) is 24.3 Å². The number of nitrogens with zero attached hydrogens (tertiary/aromatic N) is 1. The Kier molecular flexibility index (Phi) is 3.59. The zero-order valence-corrected chi connectivity index (χ0v) is 12.1. The monoisotopic (exact) mass is 279 g/mol. The first kappa shape index (κ1) is 13.6. The Balaban J connectivity index is 2.08. The molecule has 3 rings (SSSR count). The third-order valence-corrected chi connectivity index (χ3v) is 3.61. The number of fused-ring (bicyclic) bond motifs is 1. The number of aryl methyl sites for hydroxylation is 2. The molecule has 0 amide bonds. The van der Waals surface area contributed by atoms with Crippen LogP contribution >= 0.6 is 0 Å². The van der Waals surface area contributed by atoms with Crippen LogP contribution in [-0.2, 0) is 6.61 Å². The third kappa shape index (κ3) is 2.73. The van der Waals surface area contributed by atoms with Crippen LogP contribution in [0.5, 0.6) is 11.6 Å². The summed E-state index contributed by atoms with van der Waals surface area (Å²) in [5.74, 6) is 1.28. The van der Waals surface area contributed by atoms with Gasteiger partial charge in [0.1, 0.15) is 5.75 Å². The molecule has 0 spiro atoms. The predicted octanol–water partition coefficient (Wildman–Crippen LogP) is 4.14. The van der Waals surface area contributed by atoms with Crippen LogP contribution in [0.3, 0.4) is 0 Å². The Morgan fingerprint density at radius 3 is 2.57 bits per heavy atom. The Morgan fingerprint density at radius 2 is 1.81 bits per heavy atom. The molecule has 0 aliphatic heterocycles. The van der Waals surface area contributed by atoms with Crippen molar-refractivity contribution in [1.82, 2.24) is 4.98 Å². The quantitative estimate of drug-likeness (QED) is 0.783. The molecule has 0 fully saturated rings. The molecule has 0 aliphatic rings. The SMILES string of the molecule is Cc1ccc(Oc2nc(CO)cc3ccccc23)cc1C. The average Bonchev–Trinajstić information content (AvgIpc) is 2.51. The van der Waals surface area contributed by atoms with Crippen LogP contribution in [0, 0.1) is 13.8 Å². The first-order valence-electron chi connectivity index (χ1n) is 6.92. The molecular weight excluding hydrogens is 262 g/mol. The van der Waals surface area contributed by atoms with Gasteiger partial charge in [-0.2, -0.15) is 0 Å². The summed E-state index contributed by atoms with van der Waals surface area (Å²) in [6.07, 6.45) is 0. The van der Waals surface area contributed by atoms with Gasteiger partial charge in [0.15, 0.2) is 0 Å². The molecule has 1 N–H and O–H groups in total. The highest BCUT2D eigenvalue weighted by Gasteiger charge is 2.08. The lowest BCUT2D eigenvalue weighted by molar-refractivity contribution is 0.275. The lowest BCUT2D eigenvalue weighted by Crippen LogP contribution is -1.95. The van der Waals surface area contributed by atoms with E-state index in [4.69, 9.17) is 4.74 Å². The number of hydrogen-bond donors (Lipinski definition) is 1. The van der Waals surface area contributed by atoms with Crippen molar-refractivity contribution in [2.24, 2.45) is 0 Å². The predicted molar refractivity (Wildman–Crippen MR) is 83.7 cm³/mol. The number of rotatable bonds is 3. The highest BCUT2D eigenvalue weighted by molar-refractivity contribution is 5.87. The Morgan fingerprint density at radius 1 is 1.00 bits per heavy atom. The summed E-state index contributed by atoms with van der Waals surface area (Å²) in [5, 5.41) is 11.3. The van der Waals surface area contributed by atoms with Gasteiger partial charge >= 0.3 is 0 Å². The van der Waals surface area contributed by atoms with Gasteiger partial charge in [-0.3, -0.25) is 0 Å². The minimum atomic E-state index is -0.103. The topological polar surface area (TPSA) is 42.4 Å². The van der Waals surface area contributed by atoms with Crippen LogP contribution in [0.4, 0.5) is 0 Å². The van der Waals surface area contributed by atoms with Gasteiger partial charge in [-0.05, 0) is 54.6 Å². The molecule has 106 valence electrons. The summed E-state index contributed by atoms with van der Waals surface area (Å²) in [4.78, 5) is 4.39. The number of pyridine rings is 1. The van der Waals surface area contributed by atoms with Gasteiger partial charge in [-0.25, -0.2) is 4.98 Å². The van der Waals surface area contributed by atoms with E-state index in [2.05, 4.69) is 18.8 Å². The number of ether oxygens (including phenoxy) is 1. The van der Waals surface area contributed by atoms with E-state index in [1.807, 2.05) is 48.5 Å². The van der Waals surface area contributed by atoms with Crippen molar-refractivity contribution < 1.29 is 9.84 Å². The second kappa shape index (κ2) is 5.54. The van der Waals surface area contributed by atoms with Crippen LogP contribution in [0.2, 0.25) is 0 Å². The number of hydrogen-bond acceptors (Lipinski definition) is 3. The van der Waals surface area contributed by atoms with Crippen LogP contribution < -0.4 is 4.74 Å². The number of aliphatic hydroxyl groups excluding tert-OH is 1. The van der Waals surface area contributed by atoms with E-state index in [9.17, 15) is 5.11 Å². The van der Waals surface area contributed by atoms with E-state index in [0.29, 0.717) is 11.6 Å². The van der Waals surface area contributed by atoms with Crippen molar-refractivity contribution in [1.29, 1.82) is 0 Å². The highest BCUT2D eigenvalue weighted by Crippen LogP contribution is 2.29. The molecule has 3 aromatic rings. The standard InChI is InChI=1S/C18H17NO2/c1-12-7-8-16(9-13(12)2)21-18-17-6-4-3-5-14(17)10-15(11-20)19-18/h3-10,20H,11H2,1-2H3. The van der Waals surface area contributed by atoms with Crippen LogP contribution in [-0.4, -0.2) is 10.1 Å². The second-order valence-electron chi connectivity index (χ2n) is 5.15. The average molecular weight is 279 g/mol. The van der Waals surface area contributed by atoms with Crippen LogP contribution in [0.1, 0.15) is 16.8 Å². The minimum absolute atomic E-state index is 0.103. The maximum Gasteiger partial charge on any atom is 0.227 e. The van der Waals surface area contributed by atoms with E-state index < -0.39 is 0 Å². The lowest BCUT2D eigenvalue weighted by Gasteiger charge is -2.11. The molecule has 0 saturated heterocycles. The Labute approximate surface area is 123 Å². The van der Waals surface area contributed by atoms with Crippen molar-refractivity contribution in [3.63, 3.8) is 0 Å². The van der Waals surface area contributed by atoms with E-state index >= 15 is 0 Å². The molecule has 2 aromatic carbocycles. The molecular formula is C18H17NO2. The molecule has 0 atom stereocenters. The number of benzene rings is 2. The van der Waals surface area contributed by atoms with Crippen molar-refractivity contribution >= 4 is 10.8 Å².